The van der Waals surface area contributed by atoms with Crippen molar-refractivity contribution in [2.45, 2.75) is 105 Å². The molecule has 0 aliphatic heterocycles. The molecule has 3 unspecified atom stereocenters. The second-order valence-corrected chi connectivity index (χ2v) is 8.39. The molecule has 0 aromatic carbocycles. The van der Waals surface area contributed by atoms with Crippen LogP contribution in [0.5, 0.6) is 0 Å². The van der Waals surface area contributed by atoms with Crippen LogP contribution in [0.25, 0.3) is 0 Å². The molecule has 0 rings (SSSR count). The van der Waals surface area contributed by atoms with Crippen LogP contribution in [0.3, 0.4) is 0 Å². The summed E-state index contributed by atoms with van der Waals surface area (Å²) in [6.07, 6.45) is 3.39. The monoisotopic (exact) mass is 476 g/mol. The second kappa shape index (κ2) is 19.3. The van der Waals surface area contributed by atoms with Crippen LogP contribution in [0, 0.1) is 11.8 Å². The number of carbonyl (C=O) groups excluding carboxylic acids is 3. The molecular formula is C24H44O9. The van der Waals surface area contributed by atoms with Gasteiger partial charge in [-0.2, -0.15) is 0 Å². The number of carbonyl (C=O) groups is 3. The lowest BCUT2D eigenvalue weighted by atomic mass is 9.88. The van der Waals surface area contributed by atoms with Crippen LogP contribution in [-0.2, 0) is 28.4 Å². The van der Waals surface area contributed by atoms with E-state index in [4.69, 9.17) is 23.7 Å². The molecule has 0 aromatic heterocycles. The normalized spacial score (nSPS) is 13.5. The fourth-order valence-corrected chi connectivity index (χ4v) is 3.34. The van der Waals surface area contributed by atoms with Gasteiger partial charge in [-0.05, 0) is 44.4 Å². The van der Waals surface area contributed by atoms with Crippen LogP contribution >= 0.6 is 0 Å². The Hall–Kier alpha value is -2.19. The molecule has 0 bridgehead atoms. The summed E-state index contributed by atoms with van der Waals surface area (Å²) >= 11 is 0. The number of ether oxygens (including phenoxy) is 6. The van der Waals surface area contributed by atoms with E-state index >= 15 is 0 Å². The van der Waals surface area contributed by atoms with Gasteiger partial charge in [0, 0.05) is 6.42 Å². The molecule has 9 nitrogen and oxygen atoms in total. The summed E-state index contributed by atoms with van der Waals surface area (Å²) in [5.41, 5.74) is 0. The van der Waals surface area contributed by atoms with Gasteiger partial charge in [-0.25, -0.2) is 14.4 Å². The average molecular weight is 477 g/mol. The molecule has 0 fully saturated rings. The van der Waals surface area contributed by atoms with E-state index in [2.05, 4.69) is 11.7 Å². The zero-order valence-electron chi connectivity index (χ0n) is 21.3. The highest BCUT2D eigenvalue weighted by Gasteiger charge is 2.27. The number of rotatable bonds is 17. The highest BCUT2D eigenvalue weighted by atomic mass is 16.8. The smallest absolute Gasteiger partial charge is 0.438 e. The van der Waals surface area contributed by atoms with E-state index < -0.39 is 24.8 Å². The molecule has 0 saturated carbocycles. The molecule has 0 heterocycles. The molecule has 0 spiro atoms. The first kappa shape index (κ1) is 30.8. The van der Waals surface area contributed by atoms with Gasteiger partial charge >= 0.3 is 18.5 Å². The van der Waals surface area contributed by atoms with Crippen LogP contribution in [0.1, 0.15) is 92.4 Å². The van der Waals surface area contributed by atoms with E-state index in [0.717, 1.165) is 38.5 Å². The highest BCUT2D eigenvalue weighted by Crippen LogP contribution is 2.27. The molecule has 0 amide bonds. The molecule has 33 heavy (non-hydrogen) atoms. The standard InChI is InChI=1S/C24H44O9/c1-7-10-11-14-19(20(13-8-2)31-24(27)30-17-18(4)5)15-12-16-21(32-22(25)28-6)33-23(26)29-9-3/h18-21H,7-17H2,1-6H3. The van der Waals surface area contributed by atoms with Gasteiger partial charge < -0.3 is 28.4 Å². The van der Waals surface area contributed by atoms with Crippen molar-refractivity contribution in [3.05, 3.63) is 0 Å². The van der Waals surface area contributed by atoms with Gasteiger partial charge in [0.05, 0.1) is 20.3 Å². The van der Waals surface area contributed by atoms with Gasteiger partial charge in [-0.3, -0.25) is 0 Å². The molecule has 0 N–H and O–H groups in total. The Kier molecular flexibility index (Phi) is 18.0. The van der Waals surface area contributed by atoms with Crippen LogP contribution in [0.15, 0.2) is 0 Å². The first-order chi connectivity index (χ1) is 15.8. The third-order valence-corrected chi connectivity index (χ3v) is 4.96. The molecule has 9 heteroatoms. The summed E-state index contributed by atoms with van der Waals surface area (Å²) in [6, 6.07) is 0. The van der Waals surface area contributed by atoms with Crippen LogP contribution in [-0.4, -0.2) is 51.2 Å². The maximum Gasteiger partial charge on any atom is 0.511 e. The highest BCUT2D eigenvalue weighted by molar-refractivity contribution is 5.62. The minimum Gasteiger partial charge on any atom is -0.438 e. The Morgan fingerprint density at radius 2 is 1.33 bits per heavy atom. The zero-order chi connectivity index (χ0) is 25.1. The second-order valence-electron chi connectivity index (χ2n) is 8.39. The summed E-state index contributed by atoms with van der Waals surface area (Å²) in [7, 11) is 1.18. The van der Waals surface area contributed by atoms with Crippen molar-refractivity contribution in [1.29, 1.82) is 0 Å². The number of unbranched alkanes of at least 4 members (excludes halogenated alkanes) is 2. The van der Waals surface area contributed by atoms with Crippen molar-refractivity contribution in [1.82, 2.24) is 0 Å². The van der Waals surface area contributed by atoms with Gasteiger partial charge in [-0.15, -0.1) is 0 Å². The van der Waals surface area contributed by atoms with Crippen molar-refractivity contribution < 1.29 is 42.8 Å². The molecular weight excluding hydrogens is 432 g/mol. The quantitative estimate of drug-likeness (QED) is 0.0991. The summed E-state index contributed by atoms with van der Waals surface area (Å²) < 4.78 is 30.3. The van der Waals surface area contributed by atoms with Crippen molar-refractivity contribution in [3.63, 3.8) is 0 Å². The van der Waals surface area contributed by atoms with E-state index in [-0.39, 0.29) is 31.0 Å². The fraction of sp³-hybridized carbons (Fsp3) is 0.875. The summed E-state index contributed by atoms with van der Waals surface area (Å²) in [5, 5.41) is 0. The van der Waals surface area contributed by atoms with Crippen LogP contribution in [0.2, 0.25) is 0 Å². The van der Waals surface area contributed by atoms with Crippen LogP contribution in [0.4, 0.5) is 14.4 Å². The maximum absolute atomic E-state index is 12.2. The zero-order valence-corrected chi connectivity index (χ0v) is 21.3. The van der Waals surface area contributed by atoms with E-state index in [1.807, 2.05) is 20.8 Å². The predicted molar refractivity (Wildman–Crippen MR) is 123 cm³/mol. The van der Waals surface area contributed by atoms with Gasteiger partial charge in [0.2, 0.25) is 0 Å². The Labute approximate surface area is 198 Å². The summed E-state index contributed by atoms with van der Waals surface area (Å²) in [5.74, 6) is 0.345. The third-order valence-electron chi connectivity index (χ3n) is 4.96. The van der Waals surface area contributed by atoms with E-state index in [9.17, 15) is 14.4 Å². The Balaban J connectivity index is 5.09. The Bertz CT molecular complexity index is 536. The van der Waals surface area contributed by atoms with E-state index in [1.165, 1.54) is 7.11 Å². The molecule has 0 aromatic rings. The molecule has 0 aliphatic carbocycles. The van der Waals surface area contributed by atoms with Gasteiger partial charge in [-0.1, -0.05) is 53.4 Å². The maximum atomic E-state index is 12.2. The molecule has 3 atom stereocenters. The molecule has 194 valence electrons. The molecule has 0 radical (unpaired) electrons. The van der Waals surface area contributed by atoms with Gasteiger partial charge in [0.15, 0.2) is 0 Å². The first-order valence-corrected chi connectivity index (χ1v) is 12.2. The minimum atomic E-state index is -1.12. The summed E-state index contributed by atoms with van der Waals surface area (Å²) in [6.45, 7) is 10.2. The average Bonchev–Trinajstić information content (AvgIpc) is 2.76. The number of methoxy groups -OCH3 is 1. The van der Waals surface area contributed by atoms with Crippen molar-refractivity contribution in [2.75, 3.05) is 20.3 Å². The Morgan fingerprint density at radius 1 is 0.697 bits per heavy atom. The third kappa shape index (κ3) is 16.1. The van der Waals surface area contributed by atoms with E-state index in [0.29, 0.717) is 19.4 Å². The van der Waals surface area contributed by atoms with Crippen molar-refractivity contribution in [3.8, 4) is 0 Å². The number of hydrogen-bond acceptors (Lipinski definition) is 9. The van der Waals surface area contributed by atoms with Crippen molar-refractivity contribution >= 4 is 18.5 Å². The van der Waals surface area contributed by atoms with Crippen molar-refractivity contribution in [2.24, 2.45) is 11.8 Å². The van der Waals surface area contributed by atoms with Gasteiger partial charge in [0.25, 0.3) is 6.29 Å². The minimum absolute atomic E-state index is 0.115. The van der Waals surface area contributed by atoms with E-state index in [1.54, 1.807) is 6.92 Å². The van der Waals surface area contributed by atoms with Crippen LogP contribution < -0.4 is 0 Å². The van der Waals surface area contributed by atoms with Gasteiger partial charge in [0.1, 0.15) is 6.10 Å². The lowest BCUT2D eigenvalue weighted by molar-refractivity contribution is -0.105. The first-order valence-electron chi connectivity index (χ1n) is 12.2. The molecule has 0 aliphatic rings. The lowest BCUT2D eigenvalue weighted by Crippen LogP contribution is -2.29. The fourth-order valence-electron chi connectivity index (χ4n) is 3.34. The summed E-state index contributed by atoms with van der Waals surface area (Å²) in [4.78, 5) is 35.4. The largest absolute Gasteiger partial charge is 0.511 e. The number of hydrogen-bond donors (Lipinski definition) is 0. The molecule has 0 saturated heterocycles. The Morgan fingerprint density at radius 3 is 1.91 bits per heavy atom. The topological polar surface area (TPSA) is 107 Å². The SMILES string of the molecule is CCCCCC(CCCC(OC(=O)OC)OC(=O)OCC)C(CCC)OC(=O)OCC(C)C. The lowest BCUT2D eigenvalue weighted by Gasteiger charge is -2.27. The predicted octanol–water partition coefficient (Wildman–Crippen LogP) is 6.61.